The van der Waals surface area contributed by atoms with E-state index >= 15 is 0 Å². The van der Waals surface area contributed by atoms with Gasteiger partial charge in [-0.3, -0.25) is 0 Å². The summed E-state index contributed by atoms with van der Waals surface area (Å²) in [5, 5.41) is 6.81. The first kappa shape index (κ1) is 15.3. The molecule has 1 atom stereocenters. The fourth-order valence-electron chi connectivity index (χ4n) is 2.56. The van der Waals surface area contributed by atoms with Crippen LogP contribution in [0.25, 0.3) is 0 Å². The van der Waals surface area contributed by atoms with E-state index in [4.69, 9.17) is 0 Å². The molecule has 0 bridgehead atoms. The zero-order valence-corrected chi connectivity index (χ0v) is 12.9. The Hall–Kier alpha value is -1.07. The molecule has 0 radical (unpaired) electrons. The van der Waals surface area contributed by atoms with Crippen LogP contribution in [0, 0.1) is 0 Å². The first-order valence-electron chi connectivity index (χ1n) is 7.42. The third-order valence-corrected chi connectivity index (χ3v) is 5.61. The summed E-state index contributed by atoms with van der Waals surface area (Å²) in [6, 6.07) is 7.73. The molecule has 1 heterocycles. The number of sulfone groups is 1. The molecule has 1 aromatic carbocycles. The van der Waals surface area contributed by atoms with Crippen molar-refractivity contribution in [1.82, 2.24) is 5.32 Å². The molecule has 0 saturated carbocycles. The maximum atomic E-state index is 11.9. The first-order chi connectivity index (χ1) is 9.62. The van der Waals surface area contributed by atoms with E-state index in [-0.39, 0.29) is 5.75 Å². The van der Waals surface area contributed by atoms with E-state index in [1.54, 1.807) is 12.1 Å². The number of hydrogen-bond donors (Lipinski definition) is 2. The van der Waals surface area contributed by atoms with E-state index in [9.17, 15) is 8.42 Å². The number of rotatable bonds is 7. The van der Waals surface area contributed by atoms with Crippen molar-refractivity contribution in [2.75, 3.05) is 24.2 Å². The Kier molecular flexibility index (Phi) is 5.43. The van der Waals surface area contributed by atoms with Crippen molar-refractivity contribution in [1.29, 1.82) is 0 Å². The summed E-state index contributed by atoms with van der Waals surface area (Å²) < 4.78 is 23.8. The van der Waals surface area contributed by atoms with Crippen molar-refractivity contribution >= 4 is 15.5 Å². The molecule has 1 saturated heterocycles. The highest BCUT2D eigenvalue weighted by molar-refractivity contribution is 7.91. The van der Waals surface area contributed by atoms with Gasteiger partial charge < -0.3 is 10.6 Å². The van der Waals surface area contributed by atoms with Crippen molar-refractivity contribution < 1.29 is 8.42 Å². The lowest BCUT2D eigenvalue weighted by Gasteiger charge is -2.12. The fourth-order valence-corrected chi connectivity index (χ4v) is 3.88. The highest BCUT2D eigenvalue weighted by Gasteiger charge is 2.14. The molecule has 1 fully saturated rings. The molecule has 0 spiro atoms. The highest BCUT2D eigenvalue weighted by Crippen LogP contribution is 2.16. The SMILES string of the molecule is CCCS(=O)(=O)c1ccc(NCC[C@@H]2CCCN2)cc1. The van der Waals surface area contributed by atoms with Crippen LogP contribution in [-0.4, -0.2) is 33.3 Å². The number of benzene rings is 1. The molecular weight excluding hydrogens is 272 g/mol. The summed E-state index contributed by atoms with van der Waals surface area (Å²) in [5.41, 5.74) is 0.985. The van der Waals surface area contributed by atoms with Crippen molar-refractivity contribution in [3.63, 3.8) is 0 Å². The first-order valence-corrected chi connectivity index (χ1v) is 9.07. The molecule has 4 nitrogen and oxygen atoms in total. The van der Waals surface area contributed by atoms with Crippen molar-refractivity contribution in [2.45, 2.75) is 43.5 Å². The normalized spacial score (nSPS) is 19.1. The lowest BCUT2D eigenvalue weighted by molar-refractivity contribution is 0.574. The third kappa shape index (κ3) is 4.21. The van der Waals surface area contributed by atoms with Crippen LogP contribution in [0.3, 0.4) is 0 Å². The Bertz CT molecular complexity index is 505. The minimum atomic E-state index is -3.10. The molecule has 0 unspecified atom stereocenters. The second-order valence-electron chi connectivity index (χ2n) is 5.35. The van der Waals surface area contributed by atoms with E-state index in [2.05, 4.69) is 10.6 Å². The summed E-state index contributed by atoms with van der Waals surface area (Å²) in [6.07, 6.45) is 4.29. The van der Waals surface area contributed by atoms with Gasteiger partial charge in [-0.25, -0.2) is 8.42 Å². The average Bonchev–Trinajstić information content (AvgIpc) is 2.92. The fraction of sp³-hybridized carbons (Fsp3) is 0.600. The van der Waals surface area contributed by atoms with Gasteiger partial charge in [0.25, 0.3) is 0 Å². The van der Waals surface area contributed by atoms with Crippen LogP contribution in [-0.2, 0) is 9.84 Å². The van der Waals surface area contributed by atoms with E-state index in [1.807, 2.05) is 19.1 Å². The predicted octanol–water partition coefficient (Wildman–Crippen LogP) is 2.42. The van der Waals surface area contributed by atoms with Gasteiger partial charge in [0, 0.05) is 18.3 Å². The monoisotopic (exact) mass is 296 g/mol. The van der Waals surface area contributed by atoms with Crippen molar-refractivity contribution in [2.24, 2.45) is 0 Å². The highest BCUT2D eigenvalue weighted by atomic mass is 32.2. The van der Waals surface area contributed by atoms with Gasteiger partial charge in [0.1, 0.15) is 0 Å². The van der Waals surface area contributed by atoms with Crippen LogP contribution in [0.1, 0.15) is 32.6 Å². The van der Waals surface area contributed by atoms with E-state index in [0.717, 1.165) is 25.2 Å². The molecule has 112 valence electrons. The quantitative estimate of drug-likeness (QED) is 0.811. The standard InChI is InChI=1S/C15H24N2O2S/c1-2-12-20(18,19)15-7-5-14(6-8-15)17-11-9-13-4-3-10-16-13/h5-8,13,16-17H,2-4,9-12H2,1H3/t13-/m0/s1. The summed E-state index contributed by atoms with van der Waals surface area (Å²) >= 11 is 0. The van der Waals surface area contributed by atoms with Crippen molar-refractivity contribution in [3.8, 4) is 0 Å². The molecule has 20 heavy (non-hydrogen) atoms. The summed E-state index contributed by atoms with van der Waals surface area (Å²) in [4.78, 5) is 0.419. The van der Waals surface area contributed by atoms with E-state index in [0.29, 0.717) is 17.4 Å². The van der Waals surface area contributed by atoms with E-state index < -0.39 is 9.84 Å². The van der Waals surface area contributed by atoms with Gasteiger partial charge in [-0.2, -0.15) is 0 Å². The van der Waals surface area contributed by atoms with Crippen LogP contribution in [0.15, 0.2) is 29.2 Å². The molecule has 0 amide bonds. The summed E-state index contributed by atoms with van der Waals surface area (Å²) in [5.74, 6) is 0.215. The lowest BCUT2D eigenvalue weighted by atomic mass is 10.1. The number of nitrogens with one attached hydrogen (secondary N) is 2. The number of hydrogen-bond acceptors (Lipinski definition) is 4. The van der Waals surface area contributed by atoms with Crippen molar-refractivity contribution in [3.05, 3.63) is 24.3 Å². The predicted molar refractivity (Wildman–Crippen MR) is 82.9 cm³/mol. The molecule has 2 N–H and O–H groups in total. The molecule has 0 aliphatic carbocycles. The maximum Gasteiger partial charge on any atom is 0.178 e. The molecule has 1 aliphatic rings. The summed E-state index contributed by atoms with van der Waals surface area (Å²) in [6.45, 7) is 3.93. The Morgan fingerprint density at radius 3 is 2.65 bits per heavy atom. The molecule has 5 heteroatoms. The summed E-state index contributed by atoms with van der Waals surface area (Å²) in [7, 11) is -3.10. The Labute approximate surface area is 121 Å². The Morgan fingerprint density at radius 1 is 1.30 bits per heavy atom. The van der Waals surface area contributed by atoms with Gasteiger partial charge in [-0.05, 0) is 56.5 Å². The minimum Gasteiger partial charge on any atom is -0.385 e. The second kappa shape index (κ2) is 7.09. The van der Waals surface area contributed by atoms with Gasteiger partial charge in [-0.15, -0.1) is 0 Å². The van der Waals surface area contributed by atoms with Crippen LogP contribution in [0.5, 0.6) is 0 Å². The zero-order chi connectivity index (χ0) is 14.4. The van der Waals surface area contributed by atoms with Crippen LogP contribution < -0.4 is 10.6 Å². The molecule has 1 aromatic rings. The number of anilines is 1. The molecule has 2 rings (SSSR count). The zero-order valence-electron chi connectivity index (χ0n) is 12.1. The van der Waals surface area contributed by atoms with Gasteiger partial charge in [0.05, 0.1) is 10.6 Å². The van der Waals surface area contributed by atoms with Gasteiger partial charge in [0.2, 0.25) is 0 Å². The molecular formula is C15H24N2O2S. The van der Waals surface area contributed by atoms with Crippen LogP contribution >= 0.6 is 0 Å². The van der Waals surface area contributed by atoms with E-state index in [1.165, 1.54) is 12.8 Å². The Balaban J connectivity index is 1.85. The van der Waals surface area contributed by atoms with Gasteiger partial charge in [0.15, 0.2) is 9.84 Å². The van der Waals surface area contributed by atoms with Crippen LogP contribution in [0.4, 0.5) is 5.69 Å². The lowest BCUT2D eigenvalue weighted by Crippen LogP contribution is -2.24. The smallest absolute Gasteiger partial charge is 0.178 e. The average molecular weight is 296 g/mol. The van der Waals surface area contributed by atoms with Gasteiger partial charge >= 0.3 is 0 Å². The van der Waals surface area contributed by atoms with Crippen LogP contribution in [0.2, 0.25) is 0 Å². The second-order valence-corrected chi connectivity index (χ2v) is 7.46. The molecule has 0 aromatic heterocycles. The van der Waals surface area contributed by atoms with Gasteiger partial charge in [-0.1, -0.05) is 6.92 Å². The third-order valence-electron chi connectivity index (χ3n) is 3.67. The minimum absolute atomic E-state index is 0.215. The molecule has 1 aliphatic heterocycles. The Morgan fingerprint density at radius 2 is 2.05 bits per heavy atom. The largest absolute Gasteiger partial charge is 0.385 e. The maximum absolute atomic E-state index is 11.9. The topological polar surface area (TPSA) is 58.2 Å².